The number of ketones is 1. The van der Waals surface area contributed by atoms with Crippen LogP contribution in [0.25, 0.3) is 0 Å². The van der Waals surface area contributed by atoms with Crippen LogP contribution in [-0.4, -0.2) is 30.8 Å². The average molecular weight is 361 g/mol. The third kappa shape index (κ3) is 4.95. The second-order valence-corrected chi connectivity index (χ2v) is 5.69. The number of hydrogen-bond donors (Lipinski definition) is 1. The first-order chi connectivity index (χ1) is 12.3. The van der Waals surface area contributed by atoms with Crippen molar-refractivity contribution in [2.45, 2.75) is 13.8 Å². The Morgan fingerprint density at radius 2 is 1.73 bits per heavy atom. The zero-order valence-electron chi connectivity index (χ0n) is 14.3. The van der Waals surface area contributed by atoms with Gasteiger partial charge in [0.25, 0.3) is 5.91 Å². The van der Waals surface area contributed by atoms with Crippen molar-refractivity contribution in [3.05, 3.63) is 70.3 Å². The summed E-state index contributed by atoms with van der Waals surface area (Å²) < 4.78 is 31.2. The molecule has 1 amide bonds. The Bertz CT molecular complexity index is 865. The normalized spacial score (nSPS) is 10.3. The van der Waals surface area contributed by atoms with Crippen LogP contribution in [0, 0.1) is 25.5 Å². The maximum absolute atomic E-state index is 13.5. The van der Waals surface area contributed by atoms with Crippen molar-refractivity contribution < 1.29 is 27.9 Å². The zero-order chi connectivity index (χ0) is 19.3. The van der Waals surface area contributed by atoms with Crippen LogP contribution in [0.1, 0.15) is 31.8 Å². The standard InChI is InChI=1S/C19H17F2NO4/c1-11-3-4-13(7-12(11)2)19(25)22-9-18(24)26-10-17(23)15-8-14(20)5-6-16(15)21/h3-8H,9-10H2,1-2H3,(H,22,25). The Morgan fingerprint density at radius 1 is 1.00 bits per heavy atom. The number of benzene rings is 2. The number of ether oxygens (including phenoxy) is 1. The highest BCUT2D eigenvalue weighted by molar-refractivity contribution is 5.99. The number of amides is 1. The topological polar surface area (TPSA) is 72.5 Å². The summed E-state index contributed by atoms with van der Waals surface area (Å²) >= 11 is 0. The van der Waals surface area contributed by atoms with Gasteiger partial charge in [0.2, 0.25) is 5.78 Å². The maximum atomic E-state index is 13.5. The van der Waals surface area contributed by atoms with E-state index in [1.54, 1.807) is 18.2 Å². The summed E-state index contributed by atoms with van der Waals surface area (Å²) in [6, 6.07) is 7.52. The van der Waals surface area contributed by atoms with Crippen LogP contribution < -0.4 is 5.32 Å². The lowest BCUT2D eigenvalue weighted by molar-refractivity contribution is -0.141. The van der Waals surface area contributed by atoms with Crippen LogP contribution in [0.2, 0.25) is 0 Å². The Kier molecular flexibility index (Phi) is 6.16. The molecule has 0 saturated carbocycles. The Morgan fingerprint density at radius 3 is 2.42 bits per heavy atom. The molecule has 5 nitrogen and oxygen atoms in total. The van der Waals surface area contributed by atoms with E-state index in [2.05, 4.69) is 10.1 Å². The molecule has 0 radical (unpaired) electrons. The molecule has 0 aliphatic heterocycles. The van der Waals surface area contributed by atoms with Gasteiger partial charge in [-0.1, -0.05) is 6.07 Å². The minimum atomic E-state index is -0.907. The molecule has 0 bridgehead atoms. The molecule has 2 rings (SSSR count). The summed E-state index contributed by atoms with van der Waals surface area (Å²) in [6.07, 6.45) is 0. The second kappa shape index (κ2) is 8.33. The van der Waals surface area contributed by atoms with Gasteiger partial charge in [-0.25, -0.2) is 8.78 Å². The zero-order valence-corrected chi connectivity index (χ0v) is 14.3. The van der Waals surface area contributed by atoms with E-state index in [0.717, 1.165) is 29.3 Å². The van der Waals surface area contributed by atoms with Gasteiger partial charge in [-0.2, -0.15) is 0 Å². The van der Waals surface area contributed by atoms with E-state index in [0.29, 0.717) is 5.56 Å². The van der Waals surface area contributed by atoms with Crippen LogP contribution >= 0.6 is 0 Å². The van der Waals surface area contributed by atoms with Gasteiger partial charge < -0.3 is 10.1 Å². The minimum Gasteiger partial charge on any atom is -0.456 e. The number of aryl methyl sites for hydroxylation is 2. The van der Waals surface area contributed by atoms with Gasteiger partial charge in [-0.05, 0) is 55.3 Å². The molecule has 0 spiro atoms. The van der Waals surface area contributed by atoms with Crippen LogP contribution in [0.3, 0.4) is 0 Å². The van der Waals surface area contributed by atoms with Crippen LogP contribution in [-0.2, 0) is 9.53 Å². The van der Waals surface area contributed by atoms with Gasteiger partial charge in [0.05, 0.1) is 5.56 Å². The van der Waals surface area contributed by atoms with E-state index >= 15 is 0 Å². The van der Waals surface area contributed by atoms with Crippen LogP contribution in [0.5, 0.6) is 0 Å². The molecule has 0 aliphatic rings. The first kappa shape index (κ1) is 19.2. The predicted molar refractivity (Wildman–Crippen MR) is 89.9 cm³/mol. The number of carbonyl (C=O) groups excluding carboxylic acids is 3. The molecule has 0 aliphatic carbocycles. The monoisotopic (exact) mass is 361 g/mol. The summed E-state index contributed by atoms with van der Waals surface area (Å²) in [5, 5.41) is 2.37. The number of hydrogen-bond acceptors (Lipinski definition) is 4. The lowest BCUT2D eigenvalue weighted by Gasteiger charge is -2.08. The average Bonchev–Trinajstić information content (AvgIpc) is 2.61. The smallest absolute Gasteiger partial charge is 0.325 e. The van der Waals surface area contributed by atoms with Crippen molar-refractivity contribution in [3.63, 3.8) is 0 Å². The van der Waals surface area contributed by atoms with Crippen molar-refractivity contribution >= 4 is 17.7 Å². The summed E-state index contributed by atoms with van der Waals surface area (Å²) in [7, 11) is 0. The van der Waals surface area contributed by atoms with Crippen molar-refractivity contribution in [1.29, 1.82) is 0 Å². The number of esters is 1. The van der Waals surface area contributed by atoms with Gasteiger partial charge in [-0.15, -0.1) is 0 Å². The van der Waals surface area contributed by atoms with Gasteiger partial charge in [0, 0.05) is 5.56 Å². The third-order valence-corrected chi connectivity index (χ3v) is 3.76. The number of Topliss-reactive ketones (excluding diaryl/α,β-unsaturated/α-hetero) is 1. The number of rotatable bonds is 6. The van der Waals surface area contributed by atoms with E-state index in [1.165, 1.54) is 0 Å². The van der Waals surface area contributed by atoms with Crippen molar-refractivity contribution in [2.24, 2.45) is 0 Å². The van der Waals surface area contributed by atoms with Crippen LogP contribution in [0.4, 0.5) is 8.78 Å². The molecule has 0 unspecified atom stereocenters. The Balaban J connectivity index is 1.85. The van der Waals surface area contributed by atoms with Crippen molar-refractivity contribution in [1.82, 2.24) is 5.32 Å². The van der Waals surface area contributed by atoms with Crippen LogP contribution in [0.15, 0.2) is 36.4 Å². The van der Waals surface area contributed by atoms with E-state index in [-0.39, 0.29) is 0 Å². The molecule has 1 N–H and O–H groups in total. The third-order valence-electron chi connectivity index (χ3n) is 3.76. The SMILES string of the molecule is Cc1ccc(C(=O)NCC(=O)OCC(=O)c2cc(F)ccc2F)cc1C. The highest BCUT2D eigenvalue weighted by Gasteiger charge is 2.16. The lowest BCUT2D eigenvalue weighted by Crippen LogP contribution is -2.31. The quantitative estimate of drug-likeness (QED) is 0.634. The second-order valence-electron chi connectivity index (χ2n) is 5.69. The summed E-state index contributed by atoms with van der Waals surface area (Å²) in [5.74, 6) is -3.90. The van der Waals surface area contributed by atoms with Gasteiger partial charge in [0.1, 0.15) is 18.2 Å². The molecule has 0 atom stereocenters. The van der Waals surface area contributed by atoms with E-state index in [9.17, 15) is 23.2 Å². The Labute approximate surface area is 149 Å². The molecule has 26 heavy (non-hydrogen) atoms. The minimum absolute atomic E-state index is 0.388. The molecule has 2 aromatic rings. The summed E-state index contributed by atoms with van der Waals surface area (Å²) in [6.45, 7) is 2.56. The van der Waals surface area contributed by atoms with Crippen molar-refractivity contribution in [3.8, 4) is 0 Å². The molecule has 0 heterocycles. The summed E-state index contributed by atoms with van der Waals surface area (Å²) in [5.41, 5.74) is 1.85. The molecular formula is C19H17F2NO4. The van der Waals surface area contributed by atoms with E-state index in [4.69, 9.17) is 0 Å². The fraction of sp³-hybridized carbons (Fsp3) is 0.211. The summed E-state index contributed by atoms with van der Waals surface area (Å²) in [4.78, 5) is 35.4. The van der Waals surface area contributed by atoms with E-state index in [1.807, 2.05) is 13.8 Å². The highest BCUT2D eigenvalue weighted by Crippen LogP contribution is 2.11. The lowest BCUT2D eigenvalue weighted by atomic mass is 10.1. The van der Waals surface area contributed by atoms with Crippen molar-refractivity contribution in [2.75, 3.05) is 13.2 Å². The Hall–Kier alpha value is -3.09. The fourth-order valence-electron chi connectivity index (χ4n) is 2.12. The molecule has 0 aromatic heterocycles. The molecule has 7 heteroatoms. The van der Waals surface area contributed by atoms with E-state index < -0.39 is 48.0 Å². The molecule has 2 aromatic carbocycles. The first-order valence-corrected chi connectivity index (χ1v) is 7.77. The molecular weight excluding hydrogens is 344 g/mol. The first-order valence-electron chi connectivity index (χ1n) is 7.77. The molecule has 0 saturated heterocycles. The highest BCUT2D eigenvalue weighted by atomic mass is 19.1. The molecule has 0 fully saturated rings. The largest absolute Gasteiger partial charge is 0.456 e. The number of halogens is 2. The number of carbonyl (C=O) groups is 3. The maximum Gasteiger partial charge on any atom is 0.325 e. The molecule has 136 valence electrons. The number of nitrogens with one attached hydrogen (secondary N) is 1. The van der Waals surface area contributed by atoms with Gasteiger partial charge >= 0.3 is 5.97 Å². The van der Waals surface area contributed by atoms with Gasteiger partial charge in [-0.3, -0.25) is 14.4 Å². The van der Waals surface area contributed by atoms with Gasteiger partial charge in [0.15, 0.2) is 6.61 Å². The fourth-order valence-corrected chi connectivity index (χ4v) is 2.12. The predicted octanol–water partition coefficient (Wildman–Crippen LogP) is 2.74.